The van der Waals surface area contributed by atoms with Crippen LogP contribution in [0.25, 0.3) is 0 Å². The summed E-state index contributed by atoms with van der Waals surface area (Å²) in [5.74, 6) is 0. The first kappa shape index (κ1) is 14.5. The SMILES string of the molecule is CCCCC1(S(=O)(=O)O)C=CC(CCC)=CC1. The van der Waals surface area contributed by atoms with E-state index < -0.39 is 14.9 Å². The maximum absolute atomic E-state index is 11.6. The molecule has 98 valence electrons. The first-order valence-corrected chi connectivity index (χ1v) is 7.74. The molecule has 17 heavy (non-hydrogen) atoms. The van der Waals surface area contributed by atoms with Crippen LogP contribution < -0.4 is 0 Å². The van der Waals surface area contributed by atoms with Crippen LogP contribution in [0.1, 0.15) is 52.4 Å². The molecule has 1 aliphatic carbocycles. The fraction of sp³-hybridized carbons (Fsp3) is 0.692. The molecule has 0 aromatic rings. The molecule has 3 nitrogen and oxygen atoms in total. The summed E-state index contributed by atoms with van der Waals surface area (Å²) >= 11 is 0. The topological polar surface area (TPSA) is 54.4 Å². The van der Waals surface area contributed by atoms with Gasteiger partial charge in [-0.15, -0.1) is 0 Å². The Morgan fingerprint density at radius 3 is 2.47 bits per heavy atom. The predicted molar refractivity (Wildman–Crippen MR) is 70.6 cm³/mol. The van der Waals surface area contributed by atoms with Crippen LogP contribution in [0.2, 0.25) is 0 Å². The second-order valence-electron chi connectivity index (χ2n) is 4.71. The maximum Gasteiger partial charge on any atom is 0.274 e. The number of hydrogen-bond acceptors (Lipinski definition) is 2. The van der Waals surface area contributed by atoms with Crippen LogP contribution in [0.3, 0.4) is 0 Å². The van der Waals surface area contributed by atoms with Gasteiger partial charge in [0.1, 0.15) is 4.75 Å². The van der Waals surface area contributed by atoms with E-state index in [0.717, 1.165) is 25.7 Å². The van der Waals surface area contributed by atoms with Crippen molar-refractivity contribution in [3.63, 3.8) is 0 Å². The zero-order chi connectivity index (χ0) is 12.9. The van der Waals surface area contributed by atoms with Gasteiger partial charge in [0.15, 0.2) is 0 Å². The van der Waals surface area contributed by atoms with Crippen molar-refractivity contribution in [3.8, 4) is 0 Å². The minimum Gasteiger partial charge on any atom is -0.285 e. The van der Waals surface area contributed by atoms with Gasteiger partial charge >= 0.3 is 0 Å². The van der Waals surface area contributed by atoms with Gasteiger partial charge in [0.2, 0.25) is 0 Å². The second-order valence-corrected chi connectivity index (χ2v) is 6.47. The molecule has 0 aliphatic heterocycles. The average Bonchev–Trinajstić information content (AvgIpc) is 2.27. The van der Waals surface area contributed by atoms with Crippen molar-refractivity contribution >= 4 is 10.1 Å². The molecule has 0 amide bonds. The molecule has 0 aromatic heterocycles. The lowest BCUT2D eigenvalue weighted by Crippen LogP contribution is -2.37. The van der Waals surface area contributed by atoms with E-state index in [1.54, 1.807) is 6.08 Å². The van der Waals surface area contributed by atoms with Crippen LogP contribution in [0.5, 0.6) is 0 Å². The van der Waals surface area contributed by atoms with E-state index >= 15 is 0 Å². The molecule has 0 radical (unpaired) electrons. The monoisotopic (exact) mass is 258 g/mol. The highest BCUT2D eigenvalue weighted by molar-refractivity contribution is 7.87. The Balaban J connectivity index is 2.88. The quantitative estimate of drug-likeness (QED) is 0.742. The van der Waals surface area contributed by atoms with E-state index in [1.165, 1.54) is 5.57 Å². The zero-order valence-electron chi connectivity index (χ0n) is 10.6. The third-order valence-corrected chi connectivity index (χ3v) is 4.85. The van der Waals surface area contributed by atoms with Crippen molar-refractivity contribution in [1.29, 1.82) is 0 Å². The number of unbranched alkanes of at least 4 members (excludes halogenated alkanes) is 1. The molecule has 1 aliphatic rings. The summed E-state index contributed by atoms with van der Waals surface area (Å²) in [4.78, 5) is 0. The van der Waals surface area contributed by atoms with Gasteiger partial charge in [-0.05, 0) is 19.3 Å². The number of hydrogen-bond donors (Lipinski definition) is 1. The van der Waals surface area contributed by atoms with Crippen molar-refractivity contribution in [1.82, 2.24) is 0 Å². The molecule has 0 bridgehead atoms. The highest BCUT2D eigenvalue weighted by Gasteiger charge is 2.40. The average molecular weight is 258 g/mol. The summed E-state index contributed by atoms with van der Waals surface area (Å²) in [6, 6.07) is 0. The molecule has 0 saturated heterocycles. The minimum absolute atomic E-state index is 0.400. The lowest BCUT2D eigenvalue weighted by molar-refractivity contribution is 0.429. The highest BCUT2D eigenvalue weighted by Crippen LogP contribution is 2.34. The molecule has 4 heteroatoms. The Hall–Kier alpha value is -0.610. The Labute approximate surface area is 104 Å². The first-order chi connectivity index (χ1) is 7.95. The highest BCUT2D eigenvalue weighted by atomic mass is 32.2. The van der Waals surface area contributed by atoms with Crippen molar-refractivity contribution in [2.45, 2.75) is 57.1 Å². The molecule has 0 saturated carbocycles. The van der Waals surface area contributed by atoms with E-state index in [2.05, 4.69) is 6.92 Å². The number of rotatable bonds is 6. The minimum atomic E-state index is -4.03. The van der Waals surface area contributed by atoms with Gasteiger partial charge < -0.3 is 0 Å². The van der Waals surface area contributed by atoms with Crippen LogP contribution >= 0.6 is 0 Å². The van der Waals surface area contributed by atoms with E-state index in [9.17, 15) is 13.0 Å². The van der Waals surface area contributed by atoms with E-state index in [4.69, 9.17) is 0 Å². The largest absolute Gasteiger partial charge is 0.285 e. The van der Waals surface area contributed by atoms with Gasteiger partial charge in [0.25, 0.3) is 10.1 Å². The summed E-state index contributed by atoms with van der Waals surface area (Å²) in [5.41, 5.74) is 1.17. The Bertz CT molecular complexity index is 406. The van der Waals surface area contributed by atoms with Crippen LogP contribution in [0.4, 0.5) is 0 Å². The fourth-order valence-electron chi connectivity index (χ4n) is 2.15. The van der Waals surface area contributed by atoms with E-state index in [1.807, 2.05) is 19.1 Å². The normalized spacial score (nSPS) is 24.8. The number of allylic oxidation sites excluding steroid dienone is 3. The first-order valence-electron chi connectivity index (χ1n) is 6.30. The zero-order valence-corrected chi connectivity index (χ0v) is 11.5. The summed E-state index contributed by atoms with van der Waals surface area (Å²) in [6.45, 7) is 4.11. The molecule has 1 N–H and O–H groups in total. The summed E-state index contributed by atoms with van der Waals surface area (Å²) in [5, 5.41) is 0. The molecule has 0 fully saturated rings. The molecular weight excluding hydrogens is 236 g/mol. The second kappa shape index (κ2) is 5.83. The third-order valence-electron chi connectivity index (χ3n) is 3.32. The van der Waals surface area contributed by atoms with Gasteiger partial charge in [-0.3, -0.25) is 4.55 Å². The molecule has 1 rings (SSSR count). The molecule has 1 unspecified atom stereocenters. The van der Waals surface area contributed by atoms with Gasteiger partial charge in [-0.1, -0.05) is 56.9 Å². The third kappa shape index (κ3) is 3.42. The van der Waals surface area contributed by atoms with Crippen molar-refractivity contribution in [2.75, 3.05) is 0 Å². The summed E-state index contributed by atoms with van der Waals surface area (Å²) < 4.78 is 31.5. The summed E-state index contributed by atoms with van der Waals surface area (Å²) in [7, 11) is -4.03. The lowest BCUT2D eigenvalue weighted by atomic mass is 9.90. The van der Waals surface area contributed by atoms with Crippen molar-refractivity contribution < 1.29 is 13.0 Å². The van der Waals surface area contributed by atoms with Crippen LogP contribution in [0, 0.1) is 0 Å². The van der Waals surface area contributed by atoms with Crippen molar-refractivity contribution in [2.24, 2.45) is 0 Å². The van der Waals surface area contributed by atoms with Crippen LogP contribution in [0.15, 0.2) is 23.8 Å². The fourth-order valence-corrected chi connectivity index (χ4v) is 3.09. The smallest absolute Gasteiger partial charge is 0.274 e. The standard InChI is InChI=1S/C13H22O3S/c1-3-5-9-13(17(14,15)16)10-7-12(6-4-2)8-11-13/h7-8,10H,3-6,9,11H2,1-2H3,(H,14,15,16). The molecule has 1 atom stereocenters. The van der Waals surface area contributed by atoms with E-state index in [0.29, 0.717) is 12.8 Å². The van der Waals surface area contributed by atoms with E-state index in [-0.39, 0.29) is 0 Å². The molecule has 0 spiro atoms. The van der Waals surface area contributed by atoms with Gasteiger partial charge in [-0.2, -0.15) is 8.42 Å². The van der Waals surface area contributed by atoms with Gasteiger partial charge in [0.05, 0.1) is 0 Å². The Kier molecular flexibility index (Phi) is 4.95. The molecule has 0 heterocycles. The Morgan fingerprint density at radius 1 is 1.35 bits per heavy atom. The molecule has 0 aromatic carbocycles. The maximum atomic E-state index is 11.6. The van der Waals surface area contributed by atoms with Crippen molar-refractivity contribution in [3.05, 3.63) is 23.8 Å². The Morgan fingerprint density at radius 2 is 2.06 bits per heavy atom. The van der Waals surface area contributed by atoms with Gasteiger partial charge in [-0.25, -0.2) is 0 Å². The lowest BCUT2D eigenvalue weighted by Gasteiger charge is -2.29. The van der Waals surface area contributed by atoms with Crippen LogP contribution in [-0.2, 0) is 10.1 Å². The van der Waals surface area contributed by atoms with Crippen LogP contribution in [-0.4, -0.2) is 17.7 Å². The predicted octanol–water partition coefficient (Wildman–Crippen LogP) is 3.49. The summed E-state index contributed by atoms with van der Waals surface area (Å²) in [6.07, 6.45) is 10.1. The molecular formula is C13H22O3S. The van der Waals surface area contributed by atoms with Gasteiger partial charge in [0, 0.05) is 0 Å².